The molecule has 90 valence electrons. The first-order chi connectivity index (χ1) is 7.40. The Bertz CT molecular complexity index is 440. The monoisotopic (exact) mass is 243 g/mol. The van der Waals surface area contributed by atoms with Gasteiger partial charge in [-0.2, -0.15) is 0 Å². The molecule has 0 atom stereocenters. The fraction of sp³-hybridized carbons (Fsp3) is 0.455. The molecule has 0 radical (unpaired) electrons. The molecular formula is C11H17NO3S. The highest BCUT2D eigenvalue weighted by molar-refractivity contribution is 7.89. The maximum absolute atomic E-state index is 10.7. The molecule has 2 N–H and O–H groups in total. The van der Waals surface area contributed by atoms with Gasteiger partial charge in [-0.1, -0.05) is 32.0 Å². The number of para-hydroxylation sites is 1. The molecule has 1 rings (SSSR count). The number of hydrogen-bond donors (Lipinski definition) is 1. The summed E-state index contributed by atoms with van der Waals surface area (Å²) in [6.07, 6.45) is 0. The van der Waals surface area contributed by atoms with E-state index in [0.29, 0.717) is 5.92 Å². The smallest absolute Gasteiger partial charge is 0.212 e. The van der Waals surface area contributed by atoms with Gasteiger partial charge in [0.25, 0.3) is 0 Å². The third-order valence-electron chi connectivity index (χ3n) is 2.17. The molecule has 1 aromatic carbocycles. The van der Waals surface area contributed by atoms with E-state index in [1.165, 1.54) is 0 Å². The molecule has 16 heavy (non-hydrogen) atoms. The van der Waals surface area contributed by atoms with Crippen LogP contribution in [-0.2, 0) is 10.0 Å². The molecule has 5 heteroatoms. The Morgan fingerprint density at radius 2 is 1.94 bits per heavy atom. The lowest BCUT2D eigenvalue weighted by atomic mass is 10.0. The Balaban J connectivity index is 2.67. The topological polar surface area (TPSA) is 69.4 Å². The average molecular weight is 243 g/mol. The number of hydrogen-bond acceptors (Lipinski definition) is 3. The van der Waals surface area contributed by atoms with Crippen molar-refractivity contribution in [2.24, 2.45) is 5.14 Å². The van der Waals surface area contributed by atoms with Crippen molar-refractivity contribution in [1.29, 1.82) is 0 Å². The Hall–Kier alpha value is -1.07. The second-order valence-corrected chi connectivity index (χ2v) is 5.64. The Labute approximate surface area is 96.5 Å². The highest BCUT2D eigenvalue weighted by atomic mass is 32.2. The van der Waals surface area contributed by atoms with Crippen molar-refractivity contribution in [2.45, 2.75) is 19.8 Å². The van der Waals surface area contributed by atoms with E-state index in [4.69, 9.17) is 9.88 Å². The van der Waals surface area contributed by atoms with Crippen LogP contribution >= 0.6 is 0 Å². The van der Waals surface area contributed by atoms with Crippen molar-refractivity contribution in [3.05, 3.63) is 29.8 Å². The van der Waals surface area contributed by atoms with Crippen LogP contribution in [0.2, 0.25) is 0 Å². The van der Waals surface area contributed by atoms with Crippen molar-refractivity contribution < 1.29 is 13.2 Å². The number of sulfonamides is 1. The van der Waals surface area contributed by atoms with Crippen LogP contribution in [0.3, 0.4) is 0 Å². The number of ether oxygens (including phenoxy) is 1. The zero-order valence-electron chi connectivity index (χ0n) is 9.51. The fourth-order valence-corrected chi connectivity index (χ4v) is 1.67. The van der Waals surface area contributed by atoms with Gasteiger partial charge in [0.05, 0.1) is 5.75 Å². The van der Waals surface area contributed by atoms with Gasteiger partial charge >= 0.3 is 0 Å². The van der Waals surface area contributed by atoms with E-state index >= 15 is 0 Å². The summed E-state index contributed by atoms with van der Waals surface area (Å²) in [5.41, 5.74) is 1.07. The molecule has 1 aromatic rings. The van der Waals surface area contributed by atoms with Gasteiger partial charge in [-0.05, 0) is 17.5 Å². The summed E-state index contributed by atoms with van der Waals surface area (Å²) in [6.45, 7) is 4.20. The minimum absolute atomic E-state index is 0.0859. The van der Waals surface area contributed by atoms with Gasteiger partial charge in [0.2, 0.25) is 10.0 Å². The molecule has 0 spiro atoms. The van der Waals surface area contributed by atoms with E-state index in [9.17, 15) is 8.42 Å². The van der Waals surface area contributed by atoms with Crippen molar-refractivity contribution in [3.8, 4) is 5.75 Å². The molecule has 0 bridgehead atoms. The highest BCUT2D eigenvalue weighted by Crippen LogP contribution is 2.25. The van der Waals surface area contributed by atoms with E-state index in [2.05, 4.69) is 13.8 Å². The van der Waals surface area contributed by atoms with Crippen LogP contribution in [0, 0.1) is 0 Å². The van der Waals surface area contributed by atoms with Crippen LogP contribution in [0.15, 0.2) is 24.3 Å². The van der Waals surface area contributed by atoms with Crippen molar-refractivity contribution in [2.75, 3.05) is 12.4 Å². The predicted octanol–water partition coefficient (Wildman–Crippen LogP) is 1.48. The Morgan fingerprint density at radius 3 is 2.50 bits per heavy atom. The van der Waals surface area contributed by atoms with Crippen molar-refractivity contribution >= 4 is 10.0 Å². The van der Waals surface area contributed by atoms with E-state index in [-0.39, 0.29) is 12.4 Å². The zero-order chi connectivity index (χ0) is 12.2. The lowest BCUT2D eigenvalue weighted by Crippen LogP contribution is -2.21. The van der Waals surface area contributed by atoms with Crippen LogP contribution < -0.4 is 9.88 Å². The first-order valence-corrected chi connectivity index (χ1v) is 6.84. The van der Waals surface area contributed by atoms with Gasteiger partial charge in [-0.25, -0.2) is 13.6 Å². The predicted molar refractivity (Wildman–Crippen MR) is 64.0 cm³/mol. The van der Waals surface area contributed by atoms with Crippen LogP contribution in [0.25, 0.3) is 0 Å². The standard InChI is InChI=1S/C11H17NO3S/c1-9(2)10-5-3-4-6-11(10)15-7-8-16(12,13)14/h3-6,9H,7-8H2,1-2H3,(H2,12,13,14). The number of primary sulfonamides is 1. The van der Waals surface area contributed by atoms with Gasteiger partial charge in [0, 0.05) is 0 Å². The molecule has 0 aliphatic rings. The van der Waals surface area contributed by atoms with E-state index in [1.54, 1.807) is 0 Å². The Morgan fingerprint density at radius 1 is 1.31 bits per heavy atom. The Kier molecular flexibility index (Phi) is 4.32. The van der Waals surface area contributed by atoms with Gasteiger partial charge in [-0.15, -0.1) is 0 Å². The average Bonchev–Trinajstić information content (AvgIpc) is 2.16. The van der Waals surface area contributed by atoms with Gasteiger partial charge in [-0.3, -0.25) is 0 Å². The summed E-state index contributed by atoms with van der Waals surface area (Å²) in [7, 11) is -3.45. The third kappa shape index (κ3) is 4.20. The quantitative estimate of drug-likeness (QED) is 0.851. The summed E-state index contributed by atoms with van der Waals surface area (Å²) >= 11 is 0. The maximum Gasteiger partial charge on any atom is 0.212 e. The number of rotatable bonds is 5. The molecule has 0 amide bonds. The van der Waals surface area contributed by atoms with Gasteiger partial charge in [0.1, 0.15) is 12.4 Å². The van der Waals surface area contributed by atoms with Gasteiger partial charge in [0.15, 0.2) is 0 Å². The summed E-state index contributed by atoms with van der Waals surface area (Å²) in [5, 5.41) is 4.89. The maximum atomic E-state index is 10.7. The fourth-order valence-electron chi connectivity index (χ4n) is 1.36. The molecule has 0 fully saturated rings. The molecular weight excluding hydrogens is 226 g/mol. The lowest BCUT2D eigenvalue weighted by molar-refractivity contribution is 0.336. The van der Waals surface area contributed by atoms with Gasteiger partial charge < -0.3 is 4.74 Å². The molecule has 0 heterocycles. The highest BCUT2D eigenvalue weighted by Gasteiger charge is 2.08. The largest absolute Gasteiger partial charge is 0.492 e. The summed E-state index contributed by atoms with van der Waals surface area (Å²) in [5.74, 6) is 0.895. The van der Waals surface area contributed by atoms with Crippen molar-refractivity contribution in [3.63, 3.8) is 0 Å². The molecule has 0 aliphatic heterocycles. The van der Waals surface area contributed by atoms with Crippen LogP contribution in [-0.4, -0.2) is 20.8 Å². The second kappa shape index (κ2) is 5.32. The van der Waals surface area contributed by atoms with Crippen LogP contribution in [0.5, 0.6) is 5.75 Å². The van der Waals surface area contributed by atoms with Crippen molar-refractivity contribution in [1.82, 2.24) is 0 Å². The number of benzene rings is 1. The van der Waals surface area contributed by atoms with E-state index in [0.717, 1.165) is 11.3 Å². The first-order valence-electron chi connectivity index (χ1n) is 5.12. The molecule has 0 unspecified atom stereocenters. The van der Waals surface area contributed by atoms with E-state index < -0.39 is 10.0 Å². The third-order valence-corrected chi connectivity index (χ3v) is 2.90. The first kappa shape index (κ1) is 13.0. The number of nitrogens with two attached hydrogens (primary N) is 1. The molecule has 0 aliphatic carbocycles. The molecule has 0 saturated heterocycles. The van der Waals surface area contributed by atoms with E-state index in [1.807, 2.05) is 24.3 Å². The minimum Gasteiger partial charge on any atom is -0.492 e. The normalized spacial score (nSPS) is 11.8. The van der Waals surface area contributed by atoms with Crippen LogP contribution in [0.1, 0.15) is 25.3 Å². The lowest BCUT2D eigenvalue weighted by Gasteiger charge is -2.13. The zero-order valence-corrected chi connectivity index (χ0v) is 10.3. The second-order valence-electron chi connectivity index (χ2n) is 3.91. The van der Waals surface area contributed by atoms with Crippen LogP contribution in [0.4, 0.5) is 0 Å². The minimum atomic E-state index is -3.45. The molecule has 0 saturated carbocycles. The SMILES string of the molecule is CC(C)c1ccccc1OCCS(N)(=O)=O. The summed E-state index contributed by atoms with van der Waals surface area (Å²) in [4.78, 5) is 0. The summed E-state index contributed by atoms with van der Waals surface area (Å²) < 4.78 is 26.9. The molecule has 4 nitrogen and oxygen atoms in total. The summed E-state index contributed by atoms with van der Waals surface area (Å²) in [6, 6.07) is 7.59. The molecule has 0 aromatic heterocycles.